The highest BCUT2D eigenvalue weighted by atomic mass is 16.5. The Labute approximate surface area is 136 Å². The number of nitrogens with one attached hydrogen (secondary N) is 2. The van der Waals surface area contributed by atoms with E-state index in [1.807, 2.05) is 14.0 Å². The number of nitrogens with zero attached hydrogens (tertiary/aromatic N) is 1. The van der Waals surface area contributed by atoms with Gasteiger partial charge in [-0.3, -0.25) is 9.59 Å². The van der Waals surface area contributed by atoms with Crippen molar-refractivity contribution in [3.05, 3.63) is 35.0 Å². The monoisotopic (exact) mass is 315 g/mol. The fourth-order valence-corrected chi connectivity index (χ4v) is 1.72. The van der Waals surface area contributed by atoms with Gasteiger partial charge in [-0.15, -0.1) is 0 Å². The number of carbonyl (C=O) groups is 2. The van der Waals surface area contributed by atoms with Crippen molar-refractivity contribution in [2.45, 2.75) is 26.8 Å². The molecule has 2 N–H and O–H groups in total. The van der Waals surface area contributed by atoms with Crippen LogP contribution in [0.1, 0.15) is 31.9 Å². The van der Waals surface area contributed by atoms with Crippen LogP contribution in [0, 0.1) is 11.3 Å². The number of carbonyl (C=O) groups excluding carboxylic acids is 2. The first-order valence-corrected chi connectivity index (χ1v) is 7.21. The summed E-state index contributed by atoms with van der Waals surface area (Å²) in [5.74, 6) is -0.110. The van der Waals surface area contributed by atoms with Gasteiger partial charge in [0.1, 0.15) is 12.4 Å². The Morgan fingerprint density at radius 1 is 1.39 bits per heavy atom. The summed E-state index contributed by atoms with van der Waals surface area (Å²) in [5, 5.41) is 14.6. The van der Waals surface area contributed by atoms with E-state index in [1.165, 1.54) is 13.8 Å². The fraction of sp³-hybridized carbons (Fsp3) is 0.353. The number of Topliss-reactive ketones (excluding diaryl/α,β-unsaturated/α-hetero) is 1. The maximum absolute atomic E-state index is 11.6. The fourth-order valence-electron chi connectivity index (χ4n) is 1.72. The van der Waals surface area contributed by atoms with Crippen molar-refractivity contribution >= 4 is 17.8 Å². The minimum Gasteiger partial charge on any atom is -0.491 e. The third-order valence-corrected chi connectivity index (χ3v) is 3.11. The summed E-state index contributed by atoms with van der Waals surface area (Å²) in [6.07, 6.45) is 1.55. The van der Waals surface area contributed by atoms with E-state index in [4.69, 9.17) is 10.00 Å². The lowest BCUT2D eigenvalue weighted by Gasteiger charge is -2.15. The van der Waals surface area contributed by atoms with Crippen LogP contribution < -0.4 is 15.4 Å². The van der Waals surface area contributed by atoms with Crippen LogP contribution in [-0.2, 0) is 9.59 Å². The van der Waals surface area contributed by atoms with Gasteiger partial charge in [0.15, 0.2) is 5.78 Å². The van der Waals surface area contributed by atoms with Crippen molar-refractivity contribution < 1.29 is 14.3 Å². The second kappa shape index (κ2) is 8.71. The molecule has 1 unspecified atom stereocenters. The van der Waals surface area contributed by atoms with E-state index in [1.54, 1.807) is 24.3 Å². The van der Waals surface area contributed by atoms with E-state index in [0.29, 0.717) is 23.5 Å². The molecule has 0 aliphatic carbocycles. The molecule has 0 heterocycles. The molecular formula is C17H21N3O3. The van der Waals surface area contributed by atoms with E-state index < -0.39 is 0 Å². The Morgan fingerprint density at radius 3 is 2.61 bits per heavy atom. The van der Waals surface area contributed by atoms with E-state index in [0.717, 1.165) is 0 Å². The number of nitriles is 1. The molecule has 1 rings (SSSR count). The van der Waals surface area contributed by atoms with Crippen molar-refractivity contribution in [3.8, 4) is 11.8 Å². The number of rotatable bonds is 7. The molecule has 0 aromatic heterocycles. The zero-order valence-electron chi connectivity index (χ0n) is 13.8. The van der Waals surface area contributed by atoms with Crippen molar-refractivity contribution in [2.75, 3.05) is 13.7 Å². The average Bonchev–Trinajstić information content (AvgIpc) is 2.52. The van der Waals surface area contributed by atoms with Crippen molar-refractivity contribution in [3.63, 3.8) is 0 Å². The average molecular weight is 315 g/mol. The van der Waals surface area contributed by atoms with Crippen LogP contribution in [0.2, 0.25) is 0 Å². The molecular weight excluding hydrogens is 294 g/mol. The summed E-state index contributed by atoms with van der Waals surface area (Å²) in [6, 6.07) is 7.10. The van der Waals surface area contributed by atoms with Crippen LogP contribution >= 0.6 is 0 Å². The summed E-state index contributed by atoms with van der Waals surface area (Å²) in [6.45, 7) is 5.07. The van der Waals surface area contributed by atoms with Gasteiger partial charge >= 0.3 is 0 Å². The molecule has 23 heavy (non-hydrogen) atoms. The lowest BCUT2D eigenvalue weighted by atomic mass is 10.1. The predicted molar refractivity (Wildman–Crippen MR) is 87.6 cm³/mol. The highest BCUT2D eigenvalue weighted by molar-refractivity contribution is 6.01. The van der Waals surface area contributed by atoms with E-state index in [9.17, 15) is 9.59 Å². The smallest absolute Gasteiger partial charge is 0.221 e. The zero-order valence-corrected chi connectivity index (χ0v) is 13.8. The third-order valence-electron chi connectivity index (χ3n) is 3.11. The van der Waals surface area contributed by atoms with Crippen molar-refractivity contribution in [2.24, 2.45) is 0 Å². The molecule has 0 spiro atoms. The lowest BCUT2D eigenvalue weighted by Crippen LogP contribution is -2.28. The van der Waals surface area contributed by atoms with Crippen LogP contribution in [0.25, 0.3) is 6.08 Å². The van der Waals surface area contributed by atoms with Gasteiger partial charge in [-0.25, -0.2) is 0 Å². The number of allylic oxidation sites excluding steroid dienone is 1. The highest BCUT2D eigenvalue weighted by Gasteiger charge is 2.10. The molecule has 0 radical (unpaired) electrons. The van der Waals surface area contributed by atoms with Gasteiger partial charge in [0.05, 0.1) is 17.3 Å². The van der Waals surface area contributed by atoms with E-state index >= 15 is 0 Å². The molecule has 1 aromatic rings. The summed E-state index contributed by atoms with van der Waals surface area (Å²) in [4.78, 5) is 22.8. The van der Waals surface area contributed by atoms with Crippen molar-refractivity contribution in [1.82, 2.24) is 10.6 Å². The summed E-state index contributed by atoms with van der Waals surface area (Å²) in [7, 11) is 1.82. The summed E-state index contributed by atoms with van der Waals surface area (Å²) < 4.78 is 5.74. The van der Waals surface area contributed by atoms with Crippen LogP contribution in [0.4, 0.5) is 0 Å². The topological polar surface area (TPSA) is 91.2 Å². The van der Waals surface area contributed by atoms with Gasteiger partial charge in [0, 0.05) is 25.5 Å². The van der Waals surface area contributed by atoms with E-state index in [2.05, 4.69) is 16.7 Å². The van der Waals surface area contributed by atoms with Gasteiger partial charge in [0.2, 0.25) is 5.91 Å². The van der Waals surface area contributed by atoms with Gasteiger partial charge in [0.25, 0.3) is 0 Å². The molecule has 6 nitrogen and oxygen atoms in total. The molecule has 1 aromatic carbocycles. The number of amides is 1. The second-order valence-electron chi connectivity index (χ2n) is 5.16. The first-order valence-electron chi connectivity index (χ1n) is 7.21. The van der Waals surface area contributed by atoms with Gasteiger partial charge in [-0.2, -0.15) is 5.26 Å². The normalized spacial score (nSPS) is 12.2. The summed E-state index contributed by atoms with van der Waals surface area (Å²) >= 11 is 0. The van der Waals surface area contributed by atoms with Crippen LogP contribution in [0.5, 0.6) is 5.75 Å². The molecule has 1 atom stereocenters. The molecule has 6 heteroatoms. The molecule has 0 fully saturated rings. The molecule has 0 bridgehead atoms. The second-order valence-corrected chi connectivity index (χ2v) is 5.16. The highest BCUT2D eigenvalue weighted by Crippen LogP contribution is 2.23. The molecule has 0 aliphatic heterocycles. The SMILES string of the molecule is CNC(C)COc1cc(C#N)ccc1/C=C(/NC(C)=O)C(C)=O. The Balaban J connectivity index is 3.19. The Hall–Kier alpha value is -2.65. The quantitative estimate of drug-likeness (QED) is 0.746. The lowest BCUT2D eigenvalue weighted by molar-refractivity contribution is -0.120. The Bertz CT molecular complexity index is 660. The number of benzene rings is 1. The first kappa shape index (κ1) is 18.4. The van der Waals surface area contributed by atoms with E-state index in [-0.39, 0.29) is 23.4 Å². The molecule has 0 aliphatic rings. The minimum atomic E-state index is -0.327. The molecule has 0 saturated heterocycles. The van der Waals surface area contributed by atoms with Crippen LogP contribution in [-0.4, -0.2) is 31.4 Å². The maximum atomic E-state index is 11.6. The van der Waals surface area contributed by atoms with Crippen LogP contribution in [0.15, 0.2) is 23.9 Å². The minimum absolute atomic E-state index is 0.125. The number of hydrogen-bond donors (Lipinski definition) is 2. The maximum Gasteiger partial charge on any atom is 0.221 e. The standard InChI is InChI=1S/C17H21N3O3/c1-11(19-4)10-23-17-7-14(9-18)5-6-15(17)8-16(12(2)21)20-13(3)22/h5-8,11,19H,10H2,1-4H3,(H,20,22)/b16-8+. The predicted octanol–water partition coefficient (Wildman–Crippen LogP) is 1.61. The number of likely N-dealkylation sites (N-methyl/N-ethyl adjacent to an activating group) is 1. The van der Waals surface area contributed by atoms with Gasteiger partial charge < -0.3 is 15.4 Å². The zero-order chi connectivity index (χ0) is 17.4. The Morgan fingerprint density at radius 2 is 2.09 bits per heavy atom. The van der Waals surface area contributed by atoms with Crippen molar-refractivity contribution in [1.29, 1.82) is 5.26 Å². The molecule has 0 saturated carbocycles. The first-order chi connectivity index (χ1) is 10.9. The molecule has 1 amide bonds. The van der Waals surface area contributed by atoms with Gasteiger partial charge in [-0.1, -0.05) is 0 Å². The number of ketones is 1. The van der Waals surface area contributed by atoms with Gasteiger partial charge in [-0.05, 0) is 38.2 Å². The van der Waals surface area contributed by atoms with Crippen LogP contribution in [0.3, 0.4) is 0 Å². The Kier molecular flexibility index (Phi) is 6.97. The number of ether oxygens (including phenoxy) is 1. The number of hydrogen-bond acceptors (Lipinski definition) is 5. The molecule has 122 valence electrons. The summed E-state index contributed by atoms with van der Waals surface area (Å²) in [5.41, 5.74) is 1.25. The third kappa shape index (κ3) is 5.93. The largest absolute Gasteiger partial charge is 0.491 e.